The lowest BCUT2D eigenvalue weighted by Gasteiger charge is -1.99. The van der Waals surface area contributed by atoms with E-state index in [1.54, 1.807) is 6.07 Å². The summed E-state index contributed by atoms with van der Waals surface area (Å²) in [6.45, 7) is 0. The van der Waals surface area contributed by atoms with E-state index in [0.29, 0.717) is 5.46 Å². The van der Waals surface area contributed by atoms with E-state index >= 15 is 0 Å². The third-order valence-corrected chi connectivity index (χ3v) is 2.75. The third kappa shape index (κ3) is 1.08. The van der Waals surface area contributed by atoms with E-state index in [1.807, 2.05) is 36.4 Å². The van der Waals surface area contributed by atoms with Crippen molar-refractivity contribution < 1.29 is 4.79 Å². The van der Waals surface area contributed by atoms with E-state index in [2.05, 4.69) is 0 Å². The highest BCUT2D eigenvalue weighted by Gasteiger charge is 2.25. The molecule has 0 spiro atoms. The van der Waals surface area contributed by atoms with Crippen LogP contribution in [0.3, 0.4) is 0 Å². The zero-order chi connectivity index (χ0) is 10.4. The van der Waals surface area contributed by atoms with E-state index in [1.165, 1.54) is 0 Å². The van der Waals surface area contributed by atoms with Gasteiger partial charge in [-0.15, -0.1) is 0 Å². The Bertz CT molecular complexity index is 572. The molecule has 2 aromatic rings. The molecule has 0 saturated carbocycles. The third-order valence-electron chi connectivity index (χ3n) is 2.75. The highest BCUT2D eigenvalue weighted by atomic mass is 16.1. The van der Waals surface area contributed by atoms with Gasteiger partial charge in [-0.25, -0.2) is 0 Å². The van der Waals surface area contributed by atoms with Crippen LogP contribution in [0, 0.1) is 0 Å². The largest absolute Gasteiger partial charge is 0.289 e. The maximum absolute atomic E-state index is 12.0. The van der Waals surface area contributed by atoms with Crippen molar-refractivity contribution in [2.75, 3.05) is 0 Å². The molecule has 2 radical (unpaired) electrons. The van der Waals surface area contributed by atoms with Crippen LogP contribution in [0.5, 0.6) is 0 Å². The highest BCUT2D eigenvalue weighted by Crippen LogP contribution is 2.35. The Morgan fingerprint density at radius 2 is 1.47 bits per heavy atom. The first kappa shape index (κ1) is 8.48. The van der Waals surface area contributed by atoms with Crippen LogP contribution in [0.15, 0.2) is 42.5 Å². The molecule has 0 heterocycles. The number of fused-ring (bicyclic) bond motifs is 3. The summed E-state index contributed by atoms with van der Waals surface area (Å²) in [6, 6.07) is 13.1. The summed E-state index contributed by atoms with van der Waals surface area (Å²) < 4.78 is 0. The number of carbonyl (C=O) groups excluding carboxylic acids is 1. The smallest absolute Gasteiger partial charge is 0.194 e. The molecule has 0 N–H and O–H groups in total. The predicted octanol–water partition coefficient (Wildman–Crippen LogP) is 1.69. The fraction of sp³-hybridized carbons (Fsp3) is 0. The molecular formula is C13H7BO. The first-order valence-electron chi connectivity index (χ1n) is 4.81. The minimum absolute atomic E-state index is 0.0768. The first-order chi connectivity index (χ1) is 7.27. The van der Waals surface area contributed by atoms with Gasteiger partial charge in [0, 0.05) is 11.1 Å². The molecule has 0 bridgehead atoms. The van der Waals surface area contributed by atoms with Gasteiger partial charge in [0.2, 0.25) is 0 Å². The molecule has 0 aromatic heterocycles. The number of ketones is 1. The molecule has 1 aliphatic rings. The number of rotatable bonds is 0. The van der Waals surface area contributed by atoms with Crippen LogP contribution >= 0.6 is 0 Å². The van der Waals surface area contributed by atoms with Gasteiger partial charge >= 0.3 is 0 Å². The number of carbonyl (C=O) groups is 1. The molecule has 0 aliphatic heterocycles. The van der Waals surface area contributed by atoms with Crippen molar-refractivity contribution in [2.24, 2.45) is 0 Å². The van der Waals surface area contributed by atoms with Crippen LogP contribution in [-0.4, -0.2) is 13.6 Å². The SMILES string of the molecule is [B]c1ccc2c(c1)C(=O)c1ccccc1-2. The molecule has 3 rings (SSSR count). The van der Waals surface area contributed by atoms with Gasteiger partial charge in [0.25, 0.3) is 0 Å². The fourth-order valence-electron chi connectivity index (χ4n) is 2.05. The summed E-state index contributed by atoms with van der Waals surface area (Å²) in [5, 5.41) is 0. The second-order valence-electron chi connectivity index (χ2n) is 3.68. The number of hydrogen-bond acceptors (Lipinski definition) is 1. The van der Waals surface area contributed by atoms with Crippen molar-refractivity contribution in [3.8, 4) is 11.1 Å². The van der Waals surface area contributed by atoms with Crippen molar-refractivity contribution in [1.82, 2.24) is 0 Å². The molecule has 0 unspecified atom stereocenters. The minimum atomic E-state index is 0.0768. The molecule has 0 saturated heterocycles. The normalized spacial score (nSPS) is 12.4. The molecule has 0 amide bonds. The quantitative estimate of drug-likeness (QED) is 0.493. The van der Waals surface area contributed by atoms with Crippen molar-refractivity contribution in [3.63, 3.8) is 0 Å². The maximum atomic E-state index is 12.0. The lowest BCUT2D eigenvalue weighted by molar-refractivity contribution is 0.104. The van der Waals surface area contributed by atoms with Crippen LogP contribution in [0.2, 0.25) is 0 Å². The molecule has 2 aromatic carbocycles. The van der Waals surface area contributed by atoms with Gasteiger partial charge in [-0.05, 0) is 11.1 Å². The minimum Gasteiger partial charge on any atom is -0.289 e. The summed E-state index contributed by atoms with van der Waals surface area (Å²) in [4.78, 5) is 12.0. The van der Waals surface area contributed by atoms with Gasteiger partial charge in [0.1, 0.15) is 7.85 Å². The Labute approximate surface area is 89.2 Å². The van der Waals surface area contributed by atoms with Gasteiger partial charge in [-0.3, -0.25) is 4.79 Å². The highest BCUT2D eigenvalue weighted by molar-refractivity contribution is 6.34. The van der Waals surface area contributed by atoms with Crippen LogP contribution in [0.25, 0.3) is 11.1 Å². The van der Waals surface area contributed by atoms with E-state index in [4.69, 9.17) is 7.85 Å². The van der Waals surface area contributed by atoms with Crippen molar-refractivity contribution in [2.45, 2.75) is 0 Å². The summed E-state index contributed by atoms with van der Waals surface area (Å²) in [7, 11) is 5.68. The van der Waals surface area contributed by atoms with Gasteiger partial charge in [-0.1, -0.05) is 47.9 Å². The number of benzene rings is 2. The Kier molecular flexibility index (Phi) is 1.60. The molecule has 0 atom stereocenters. The Balaban J connectivity index is 2.38. The fourth-order valence-corrected chi connectivity index (χ4v) is 2.05. The first-order valence-corrected chi connectivity index (χ1v) is 4.81. The van der Waals surface area contributed by atoms with Gasteiger partial charge in [-0.2, -0.15) is 0 Å². The summed E-state index contributed by atoms with van der Waals surface area (Å²) in [5.41, 5.74) is 4.13. The Hall–Kier alpha value is -1.83. The monoisotopic (exact) mass is 190 g/mol. The molecule has 1 nitrogen and oxygen atoms in total. The van der Waals surface area contributed by atoms with Crippen LogP contribution < -0.4 is 5.46 Å². The average Bonchev–Trinajstić information content (AvgIpc) is 2.54. The molecule has 2 heteroatoms. The topological polar surface area (TPSA) is 17.1 Å². The Morgan fingerprint density at radius 1 is 0.800 bits per heavy atom. The van der Waals surface area contributed by atoms with Crippen LogP contribution in [-0.2, 0) is 0 Å². The standard InChI is InChI=1S/C13H7BO/c14-8-5-6-10-9-3-1-2-4-11(9)13(15)12(10)7-8/h1-7H. The molecule has 15 heavy (non-hydrogen) atoms. The average molecular weight is 190 g/mol. The van der Waals surface area contributed by atoms with E-state index in [0.717, 1.165) is 22.3 Å². The van der Waals surface area contributed by atoms with Crippen molar-refractivity contribution >= 4 is 19.1 Å². The zero-order valence-electron chi connectivity index (χ0n) is 8.03. The Morgan fingerprint density at radius 3 is 2.27 bits per heavy atom. The second-order valence-corrected chi connectivity index (χ2v) is 3.68. The van der Waals surface area contributed by atoms with Gasteiger partial charge in [0.15, 0.2) is 5.78 Å². The van der Waals surface area contributed by atoms with Crippen LogP contribution in [0.4, 0.5) is 0 Å². The van der Waals surface area contributed by atoms with Crippen molar-refractivity contribution in [1.29, 1.82) is 0 Å². The van der Waals surface area contributed by atoms with Crippen molar-refractivity contribution in [3.05, 3.63) is 53.6 Å². The summed E-state index contributed by atoms with van der Waals surface area (Å²) in [5.74, 6) is 0.0768. The van der Waals surface area contributed by atoms with E-state index in [9.17, 15) is 4.79 Å². The molecular weight excluding hydrogens is 183 g/mol. The van der Waals surface area contributed by atoms with Gasteiger partial charge in [0.05, 0.1) is 0 Å². The predicted molar refractivity (Wildman–Crippen MR) is 60.7 cm³/mol. The van der Waals surface area contributed by atoms with Crippen LogP contribution in [0.1, 0.15) is 15.9 Å². The summed E-state index contributed by atoms with van der Waals surface area (Å²) in [6.07, 6.45) is 0. The lowest BCUT2D eigenvalue weighted by atomic mass is 9.92. The van der Waals surface area contributed by atoms with E-state index < -0.39 is 0 Å². The van der Waals surface area contributed by atoms with E-state index in [-0.39, 0.29) is 5.78 Å². The zero-order valence-corrected chi connectivity index (χ0v) is 8.03. The molecule has 1 aliphatic carbocycles. The van der Waals surface area contributed by atoms with Gasteiger partial charge < -0.3 is 0 Å². The molecule has 0 fully saturated rings. The molecule has 68 valence electrons. The lowest BCUT2D eigenvalue weighted by Crippen LogP contribution is -2.05. The number of hydrogen-bond donors (Lipinski definition) is 0. The second kappa shape index (κ2) is 2.83. The maximum Gasteiger partial charge on any atom is 0.194 e. The summed E-state index contributed by atoms with van der Waals surface area (Å²) >= 11 is 0.